The minimum Gasteiger partial charge on any atom is -0.513 e. The Kier molecular flexibility index (Phi) is 3.24. The molecule has 2 aliphatic rings. The number of fused-ring (bicyclic) bond motifs is 1. The van der Waals surface area contributed by atoms with Gasteiger partial charge in [-0.05, 0) is 25.5 Å². The van der Waals surface area contributed by atoms with Gasteiger partial charge in [-0.15, -0.1) is 5.10 Å². The molecule has 0 N–H and O–H groups in total. The third-order valence-electron chi connectivity index (χ3n) is 4.13. The summed E-state index contributed by atoms with van der Waals surface area (Å²) in [5, 5.41) is 3.61. The van der Waals surface area contributed by atoms with Crippen molar-refractivity contribution < 1.29 is 0 Å². The monoisotopic (exact) mass is 369 g/mol. The first kappa shape index (κ1) is 14.4. The molecule has 0 radical (unpaired) electrons. The minimum atomic E-state index is -1.94. The molecular formula is C14H17BrN3PS. The van der Waals surface area contributed by atoms with Crippen molar-refractivity contribution in [3.8, 4) is 0 Å². The van der Waals surface area contributed by atoms with Gasteiger partial charge in [0.25, 0.3) is 0 Å². The van der Waals surface area contributed by atoms with Crippen molar-refractivity contribution in [2.75, 3.05) is 19.0 Å². The number of allylic oxidation sites excluding steroid dienone is 2. The molecule has 3 rings (SSSR count). The predicted octanol–water partition coefficient (Wildman–Crippen LogP) is 4.26. The third kappa shape index (κ3) is 1.79. The highest BCUT2D eigenvalue weighted by molar-refractivity contribution is 9.49. The Morgan fingerprint density at radius 3 is 2.45 bits per heavy atom. The number of hydrogen-bond acceptors (Lipinski definition) is 4. The van der Waals surface area contributed by atoms with Crippen LogP contribution >= 0.6 is 20.8 Å². The molecule has 20 heavy (non-hydrogen) atoms. The summed E-state index contributed by atoms with van der Waals surface area (Å²) in [6.07, 6.45) is 1.93. The summed E-state index contributed by atoms with van der Waals surface area (Å²) >= 11 is 9.55. The van der Waals surface area contributed by atoms with Crippen LogP contribution in [0.15, 0.2) is 40.4 Å². The number of rotatable bonds is 0. The topological polar surface area (TPSA) is 18.8 Å². The van der Waals surface area contributed by atoms with E-state index in [-0.39, 0.29) is 5.41 Å². The molecule has 6 heteroatoms. The van der Waals surface area contributed by atoms with E-state index in [0.717, 1.165) is 5.31 Å². The van der Waals surface area contributed by atoms with Gasteiger partial charge in [0, 0.05) is 18.2 Å². The van der Waals surface area contributed by atoms with E-state index in [1.165, 1.54) is 16.9 Å². The highest BCUT2D eigenvalue weighted by Gasteiger charge is 2.47. The Bertz CT molecular complexity index is 639. The number of para-hydroxylation sites is 1. The van der Waals surface area contributed by atoms with Gasteiger partial charge in [0.2, 0.25) is 0 Å². The molecule has 0 amide bonds. The number of hydrazone groups is 1. The summed E-state index contributed by atoms with van der Waals surface area (Å²) in [5.74, 6) is 0. The molecule has 0 fully saturated rings. The highest BCUT2D eigenvalue weighted by atomic mass is 79.9. The fourth-order valence-electron chi connectivity index (χ4n) is 3.08. The molecule has 0 saturated heterocycles. The molecule has 1 unspecified atom stereocenters. The SMILES string of the molecule is CN1/C(=C2\C=NN(C)[P+]2([S-])Br)C(C)(C)c2ccccc21. The lowest BCUT2D eigenvalue weighted by molar-refractivity contribution is 0.614. The normalized spacial score (nSPS) is 31.1. The second-order valence-electron chi connectivity index (χ2n) is 5.67. The molecule has 0 bridgehead atoms. The largest absolute Gasteiger partial charge is 0.513 e. The van der Waals surface area contributed by atoms with Crippen LogP contribution in [0, 0.1) is 0 Å². The second-order valence-corrected chi connectivity index (χ2v) is 13.8. The lowest BCUT2D eigenvalue weighted by Crippen LogP contribution is -2.25. The van der Waals surface area contributed by atoms with E-state index >= 15 is 0 Å². The van der Waals surface area contributed by atoms with E-state index in [9.17, 15) is 0 Å². The van der Waals surface area contributed by atoms with Crippen LogP contribution in [0.2, 0.25) is 0 Å². The van der Waals surface area contributed by atoms with Gasteiger partial charge >= 0.3 is 0 Å². The van der Waals surface area contributed by atoms with Crippen LogP contribution in [0.25, 0.3) is 0 Å². The maximum atomic E-state index is 5.80. The molecule has 3 nitrogen and oxygen atoms in total. The zero-order valence-corrected chi connectivity index (χ0v) is 15.3. The Hall–Kier alpha value is -0.510. The Morgan fingerprint density at radius 1 is 1.25 bits per heavy atom. The molecule has 2 aliphatic heterocycles. The maximum absolute atomic E-state index is 5.80. The predicted molar refractivity (Wildman–Crippen MR) is 94.4 cm³/mol. The quantitative estimate of drug-likeness (QED) is 0.502. The lowest BCUT2D eigenvalue weighted by Gasteiger charge is -2.31. The van der Waals surface area contributed by atoms with Crippen molar-refractivity contribution in [2.45, 2.75) is 19.3 Å². The molecular weight excluding hydrogens is 353 g/mol. The molecule has 0 aromatic heterocycles. The van der Waals surface area contributed by atoms with Crippen molar-refractivity contribution in [1.29, 1.82) is 0 Å². The summed E-state index contributed by atoms with van der Waals surface area (Å²) in [7, 11) is 4.05. The average molecular weight is 370 g/mol. The van der Waals surface area contributed by atoms with Gasteiger partial charge in [-0.2, -0.15) is 4.78 Å². The van der Waals surface area contributed by atoms with Crippen molar-refractivity contribution in [2.24, 2.45) is 5.10 Å². The van der Waals surface area contributed by atoms with Crippen molar-refractivity contribution in [1.82, 2.24) is 4.78 Å². The summed E-state index contributed by atoms with van der Waals surface area (Å²) in [6, 6.07) is 8.55. The molecule has 0 spiro atoms. The molecule has 106 valence electrons. The van der Waals surface area contributed by atoms with E-state index in [4.69, 9.17) is 12.2 Å². The van der Waals surface area contributed by atoms with Crippen LogP contribution in [-0.2, 0) is 17.7 Å². The van der Waals surface area contributed by atoms with Crippen LogP contribution in [0.1, 0.15) is 19.4 Å². The fourth-order valence-corrected chi connectivity index (χ4v) is 6.01. The lowest BCUT2D eigenvalue weighted by atomic mass is 9.84. The second kappa shape index (κ2) is 4.49. The number of nitrogens with zero attached hydrogens (tertiary/aromatic N) is 3. The van der Waals surface area contributed by atoms with Crippen LogP contribution in [0.5, 0.6) is 0 Å². The first-order valence-corrected chi connectivity index (χ1v) is 11.2. The van der Waals surface area contributed by atoms with Crippen molar-refractivity contribution in [3.05, 3.63) is 40.8 Å². The summed E-state index contributed by atoms with van der Waals surface area (Å²) in [4.78, 5) is 2.26. The Balaban J connectivity index is 2.26. The smallest absolute Gasteiger partial charge is 0.149 e. The maximum Gasteiger partial charge on any atom is 0.149 e. The number of likely N-dealkylation sites (N-methyl/N-ethyl adjacent to an activating group) is 1. The van der Waals surface area contributed by atoms with Gasteiger partial charge in [-0.1, -0.05) is 18.2 Å². The van der Waals surface area contributed by atoms with Crippen LogP contribution in [-0.4, -0.2) is 25.1 Å². The van der Waals surface area contributed by atoms with E-state index in [0.29, 0.717) is 0 Å². The molecule has 0 saturated carbocycles. The van der Waals surface area contributed by atoms with E-state index < -0.39 is 5.32 Å². The van der Waals surface area contributed by atoms with Gasteiger partial charge in [0.15, 0.2) is 0 Å². The number of halogens is 1. The van der Waals surface area contributed by atoms with E-state index in [2.05, 4.69) is 70.7 Å². The first-order chi connectivity index (χ1) is 9.28. The minimum absolute atomic E-state index is 0.0598. The molecule has 2 heterocycles. The van der Waals surface area contributed by atoms with E-state index in [1.54, 1.807) is 0 Å². The standard InChI is InChI=1S/C14H17BrN3PS/c1-14(2)10-7-5-6-8-11(10)17(3)13(14)12-9-16-18(4)19(12,15)20/h5-9H,1-4H3/b13-12+. The van der Waals surface area contributed by atoms with E-state index in [1.807, 2.05) is 18.0 Å². The van der Waals surface area contributed by atoms with Gasteiger partial charge < -0.3 is 17.1 Å². The summed E-state index contributed by atoms with van der Waals surface area (Å²) < 4.78 is 1.89. The number of benzene rings is 1. The van der Waals surface area contributed by atoms with Gasteiger partial charge in [-0.25, -0.2) is 0 Å². The fraction of sp³-hybridized carbons (Fsp3) is 0.357. The first-order valence-electron chi connectivity index (χ1n) is 6.44. The van der Waals surface area contributed by atoms with Crippen LogP contribution < -0.4 is 4.90 Å². The third-order valence-corrected chi connectivity index (χ3v) is 9.72. The summed E-state index contributed by atoms with van der Waals surface area (Å²) in [5.41, 5.74) is 3.79. The number of anilines is 1. The average Bonchev–Trinajstić information content (AvgIpc) is 2.75. The highest BCUT2D eigenvalue weighted by Crippen LogP contribution is 2.76. The number of hydrogen-bond donors (Lipinski definition) is 0. The molecule has 1 aromatic carbocycles. The molecule has 1 atom stereocenters. The van der Waals surface area contributed by atoms with Crippen molar-refractivity contribution >= 4 is 45.0 Å². The zero-order chi connectivity index (χ0) is 14.7. The van der Waals surface area contributed by atoms with Crippen molar-refractivity contribution in [3.63, 3.8) is 0 Å². The zero-order valence-electron chi connectivity index (χ0n) is 12.0. The van der Waals surface area contributed by atoms with Crippen LogP contribution in [0.3, 0.4) is 0 Å². The Morgan fingerprint density at radius 2 is 1.90 bits per heavy atom. The van der Waals surface area contributed by atoms with Gasteiger partial charge in [0.05, 0.1) is 19.0 Å². The van der Waals surface area contributed by atoms with Gasteiger partial charge in [-0.3, -0.25) is 0 Å². The van der Waals surface area contributed by atoms with Crippen LogP contribution in [0.4, 0.5) is 5.69 Å². The summed E-state index contributed by atoms with van der Waals surface area (Å²) in [6.45, 7) is 4.51. The molecule has 0 aliphatic carbocycles. The molecule has 1 aromatic rings. The Labute approximate surface area is 134 Å². The van der Waals surface area contributed by atoms with Gasteiger partial charge in [0.1, 0.15) is 26.1 Å².